The molecule has 0 aliphatic heterocycles. The quantitative estimate of drug-likeness (QED) is 0.384. The van der Waals surface area contributed by atoms with Gasteiger partial charge in [0.15, 0.2) is 0 Å². The summed E-state index contributed by atoms with van der Waals surface area (Å²) in [5.74, 6) is -0.136. The second kappa shape index (κ2) is 7.54. The zero-order valence-electron chi connectivity index (χ0n) is 11.7. The van der Waals surface area contributed by atoms with Crippen LogP contribution in [-0.2, 0) is 4.79 Å². The number of hydrogen-bond donors (Lipinski definition) is 1. The first-order chi connectivity index (χ1) is 10.7. The number of carbonyl (C=O) groups is 1. The Bertz CT molecular complexity index is 776. The number of carboxylic acid groups (broad SMARTS) is 1. The van der Waals surface area contributed by atoms with E-state index in [2.05, 4.69) is 16.6 Å². The van der Waals surface area contributed by atoms with Crippen molar-refractivity contribution in [2.24, 2.45) is 4.99 Å². The van der Waals surface area contributed by atoms with Gasteiger partial charge in [0, 0.05) is 36.3 Å². The number of hydrogen-bond acceptors (Lipinski definition) is 4. The maximum absolute atomic E-state index is 10.6. The summed E-state index contributed by atoms with van der Waals surface area (Å²) in [6.45, 7) is 3.46. The summed E-state index contributed by atoms with van der Waals surface area (Å²) < 4.78 is 5.68. The Morgan fingerprint density at radius 1 is 1.27 bits per heavy atom. The number of rotatable bonds is 6. The fourth-order valence-electron chi connectivity index (χ4n) is 1.72. The molecule has 22 heavy (non-hydrogen) atoms. The minimum absolute atomic E-state index is 0.344. The van der Waals surface area contributed by atoms with Crippen molar-refractivity contribution in [3.63, 3.8) is 0 Å². The number of aliphatic carboxylic acids is 1. The van der Waals surface area contributed by atoms with Crippen LogP contribution in [0.25, 0.3) is 10.8 Å². The summed E-state index contributed by atoms with van der Waals surface area (Å²) in [7, 11) is 0. The molecule has 110 valence electrons. The van der Waals surface area contributed by atoms with Crippen molar-refractivity contribution in [2.45, 2.75) is 0 Å². The van der Waals surface area contributed by atoms with Gasteiger partial charge in [-0.1, -0.05) is 12.6 Å². The molecule has 0 aliphatic carbocycles. The number of benzene rings is 1. The van der Waals surface area contributed by atoms with E-state index in [9.17, 15) is 4.79 Å². The zero-order valence-corrected chi connectivity index (χ0v) is 11.7. The lowest BCUT2D eigenvalue weighted by atomic mass is 10.2. The van der Waals surface area contributed by atoms with Gasteiger partial charge in [-0.3, -0.25) is 9.98 Å². The van der Waals surface area contributed by atoms with Crippen molar-refractivity contribution >= 4 is 23.0 Å². The highest BCUT2D eigenvalue weighted by Gasteiger charge is 2.00. The third-order valence-corrected chi connectivity index (χ3v) is 2.67. The zero-order chi connectivity index (χ0) is 15.8. The Labute approximate surface area is 127 Å². The van der Waals surface area contributed by atoms with Crippen LogP contribution in [0.2, 0.25) is 0 Å². The van der Waals surface area contributed by atoms with Crippen LogP contribution in [0.3, 0.4) is 0 Å². The standard InChI is InChI=1S/C17H14N2O3/c1-2-18-10-8-15(5-6-17(20)21)22-16-4-3-13-7-9-19-12-14(13)11-16/h2-12H,1H2,(H,20,21)/b6-5+,15-8+,18-10+. The maximum Gasteiger partial charge on any atom is 0.328 e. The van der Waals surface area contributed by atoms with Crippen molar-refractivity contribution in [3.05, 3.63) is 73.4 Å². The van der Waals surface area contributed by atoms with Gasteiger partial charge in [-0.25, -0.2) is 4.79 Å². The maximum atomic E-state index is 10.6. The third-order valence-electron chi connectivity index (χ3n) is 2.67. The Morgan fingerprint density at radius 2 is 2.14 bits per heavy atom. The van der Waals surface area contributed by atoms with Crippen LogP contribution in [0.5, 0.6) is 5.75 Å². The van der Waals surface area contributed by atoms with Gasteiger partial charge in [0.1, 0.15) is 11.5 Å². The normalized spacial score (nSPS) is 12.1. The second-order valence-electron chi connectivity index (χ2n) is 4.21. The van der Waals surface area contributed by atoms with Gasteiger partial charge in [-0.15, -0.1) is 0 Å². The number of allylic oxidation sites excluding steroid dienone is 2. The molecule has 1 N–H and O–H groups in total. The van der Waals surface area contributed by atoms with Crippen molar-refractivity contribution < 1.29 is 14.6 Å². The average Bonchev–Trinajstić information content (AvgIpc) is 2.52. The highest BCUT2D eigenvalue weighted by atomic mass is 16.5. The number of fused-ring (bicyclic) bond motifs is 1. The van der Waals surface area contributed by atoms with Crippen LogP contribution in [0.4, 0.5) is 0 Å². The van der Waals surface area contributed by atoms with Gasteiger partial charge in [-0.2, -0.15) is 0 Å². The summed E-state index contributed by atoms with van der Waals surface area (Å²) in [5, 5.41) is 10.7. The van der Waals surface area contributed by atoms with Gasteiger partial charge in [0.2, 0.25) is 0 Å². The van der Waals surface area contributed by atoms with E-state index in [1.807, 2.05) is 18.2 Å². The molecule has 1 aromatic heterocycles. The first kappa shape index (κ1) is 15.2. The molecule has 0 saturated heterocycles. The lowest BCUT2D eigenvalue weighted by Crippen LogP contribution is -1.95. The Kier molecular flexibility index (Phi) is 5.20. The molecule has 2 aromatic rings. The molecule has 0 amide bonds. The van der Waals surface area contributed by atoms with E-state index < -0.39 is 5.97 Å². The van der Waals surface area contributed by atoms with Gasteiger partial charge in [-0.05, 0) is 35.7 Å². The number of aromatic nitrogens is 1. The number of ether oxygens (including phenoxy) is 1. The number of nitrogens with zero attached hydrogens (tertiary/aromatic N) is 2. The van der Waals surface area contributed by atoms with Crippen molar-refractivity contribution in [1.82, 2.24) is 4.98 Å². The molecule has 0 fully saturated rings. The average molecular weight is 294 g/mol. The minimum Gasteiger partial charge on any atom is -0.478 e. The van der Waals surface area contributed by atoms with Crippen molar-refractivity contribution in [3.8, 4) is 5.75 Å². The van der Waals surface area contributed by atoms with E-state index in [0.29, 0.717) is 11.5 Å². The molecule has 0 saturated carbocycles. The fourth-order valence-corrected chi connectivity index (χ4v) is 1.72. The lowest BCUT2D eigenvalue weighted by molar-refractivity contribution is -0.131. The third kappa shape index (κ3) is 4.42. The van der Waals surface area contributed by atoms with E-state index in [-0.39, 0.29) is 0 Å². The Balaban J connectivity index is 2.27. The molecule has 5 nitrogen and oxygen atoms in total. The Hall–Kier alpha value is -3.21. The largest absolute Gasteiger partial charge is 0.478 e. The smallest absolute Gasteiger partial charge is 0.328 e. The summed E-state index contributed by atoms with van der Waals surface area (Å²) in [6, 6.07) is 7.44. The van der Waals surface area contributed by atoms with E-state index in [4.69, 9.17) is 9.84 Å². The second-order valence-corrected chi connectivity index (χ2v) is 4.21. The molecule has 1 aromatic carbocycles. The first-order valence-corrected chi connectivity index (χ1v) is 6.46. The molecule has 0 radical (unpaired) electrons. The molecule has 0 spiro atoms. The predicted octanol–water partition coefficient (Wildman–Crippen LogP) is 3.35. The minimum atomic E-state index is -1.06. The van der Waals surface area contributed by atoms with Crippen LogP contribution in [-0.4, -0.2) is 22.3 Å². The van der Waals surface area contributed by atoms with Crippen molar-refractivity contribution in [1.29, 1.82) is 0 Å². The van der Waals surface area contributed by atoms with Crippen LogP contribution in [0.15, 0.2) is 78.4 Å². The lowest BCUT2D eigenvalue weighted by Gasteiger charge is -2.07. The van der Waals surface area contributed by atoms with Crippen LogP contribution >= 0.6 is 0 Å². The molecule has 2 rings (SSSR count). The number of pyridine rings is 1. The van der Waals surface area contributed by atoms with E-state index in [1.165, 1.54) is 18.5 Å². The van der Waals surface area contributed by atoms with Gasteiger partial charge >= 0.3 is 5.97 Å². The molecule has 5 heteroatoms. The summed E-state index contributed by atoms with van der Waals surface area (Å²) >= 11 is 0. The van der Waals surface area contributed by atoms with Crippen LogP contribution in [0.1, 0.15) is 0 Å². The molecule has 0 atom stereocenters. The molecule has 1 heterocycles. The topological polar surface area (TPSA) is 71.8 Å². The SMILES string of the molecule is C=C/N=C/C=C(\C=C\C(=O)O)Oc1ccc2ccncc2c1. The molecule has 0 unspecified atom stereocenters. The van der Waals surface area contributed by atoms with E-state index in [1.54, 1.807) is 24.5 Å². The van der Waals surface area contributed by atoms with E-state index in [0.717, 1.165) is 16.8 Å². The fraction of sp³-hybridized carbons (Fsp3) is 0. The highest BCUT2D eigenvalue weighted by Crippen LogP contribution is 2.21. The Morgan fingerprint density at radius 3 is 2.91 bits per heavy atom. The monoisotopic (exact) mass is 294 g/mol. The molecular formula is C17H14N2O3. The molecular weight excluding hydrogens is 280 g/mol. The van der Waals surface area contributed by atoms with Crippen molar-refractivity contribution in [2.75, 3.05) is 0 Å². The van der Waals surface area contributed by atoms with Crippen LogP contribution in [0, 0.1) is 0 Å². The van der Waals surface area contributed by atoms with Gasteiger partial charge in [0.05, 0.1) is 0 Å². The van der Waals surface area contributed by atoms with E-state index >= 15 is 0 Å². The summed E-state index contributed by atoms with van der Waals surface area (Å²) in [5.41, 5.74) is 0. The predicted molar refractivity (Wildman–Crippen MR) is 85.9 cm³/mol. The molecule has 0 bridgehead atoms. The highest BCUT2D eigenvalue weighted by molar-refractivity contribution is 5.83. The van der Waals surface area contributed by atoms with Crippen LogP contribution < -0.4 is 4.74 Å². The number of carboxylic acids is 1. The molecule has 0 aliphatic rings. The number of aliphatic imine (C=N–C) groups is 1. The van der Waals surface area contributed by atoms with Gasteiger partial charge in [0.25, 0.3) is 0 Å². The summed E-state index contributed by atoms with van der Waals surface area (Å²) in [6.07, 6.45) is 10.2. The first-order valence-electron chi connectivity index (χ1n) is 6.46. The summed E-state index contributed by atoms with van der Waals surface area (Å²) in [4.78, 5) is 18.5. The van der Waals surface area contributed by atoms with Gasteiger partial charge < -0.3 is 9.84 Å².